The van der Waals surface area contributed by atoms with Crippen molar-refractivity contribution in [2.24, 2.45) is 0 Å². The average Bonchev–Trinajstić information content (AvgIpc) is 2.95. The summed E-state index contributed by atoms with van der Waals surface area (Å²) in [5.41, 5.74) is 2.23. The lowest BCUT2D eigenvalue weighted by atomic mass is 10.1. The lowest BCUT2D eigenvalue weighted by Crippen LogP contribution is -2.28. The molecule has 1 fully saturated rings. The summed E-state index contributed by atoms with van der Waals surface area (Å²) < 4.78 is 2.22. The molecule has 0 aromatic carbocycles. The van der Waals surface area contributed by atoms with Gasteiger partial charge < -0.3 is 4.90 Å². The van der Waals surface area contributed by atoms with E-state index in [1.807, 2.05) is 12.1 Å². The Bertz CT molecular complexity index is 603. The number of halogens is 1. The van der Waals surface area contributed by atoms with Crippen molar-refractivity contribution in [2.45, 2.75) is 39.2 Å². The molecule has 1 aliphatic heterocycles. The second kappa shape index (κ2) is 4.80. The third-order valence-electron chi connectivity index (χ3n) is 4.15. The standard InChI is InChI=1S/C15H20ClN3/c1-10(2)18-8-7-12(9-18)15-17-14(16)13-6-4-5-11(3)19(13)15/h4-6,10,12H,7-9H2,1-3H3. The predicted octanol–water partition coefficient (Wildman–Crippen LogP) is 3.49. The highest BCUT2D eigenvalue weighted by molar-refractivity contribution is 6.32. The van der Waals surface area contributed by atoms with Gasteiger partial charge in [0.05, 0.1) is 5.52 Å². The molecule has 0 N–H and O–H groups in total. The molecule has 0 spiro atoms. The van der Waals surface area contributed by atoms with Gasteiger partial charge in [-0.1, -0.05) is 17.7 Å². The van der Waals surface area contributed by atoms with E-state index in [0.29, 0.717) is 17.1 Å². The smallest absolute Gasteiger partial charge is 0.155 e. The van der Waals surface area contributed by atoms with Gasteiger partial charge in [-0.25, -0.2) is 4.98 Å². The van der Waals surface area contributed by atoms with E-state index in [4.69, 9.17) is 11.6 Å². The fourth-order valence-electron chi connectivity index (χ4n) is 3.03. The Kier molecular flexibility index (Phi) is 3.27. The van der Waals surface area contributed by atoms with Crippen molar-refractivity contribution >= 4 is 17.1 Å². The first-order chi connectivity index (χ1) is 9.08. The molecule has 0 amide bonds. The summed E-state index contributed by atoms with van der Waals surface area (Å²) in [6.07, 6.45) is 1.17. The van der Waals surface area contributed by atoms with Gasteiger partial charge in [-0.15, -0.1) is 0 Å². The fraction of sp³-hybridized carbons (Fsp3) is 0.533. The molecule has 2 aromatic rings. The van der Waals surface area contributed by atoms with E-state index in [1.165, 1.54) is 12.1 Å². The van der Waals surface area contributed by atoms with E-state index >= 15 is 0 Å². The lowest BCUT2D eigenvalue weighted by molar-refractivity contribution is 0.272. The molecule has 102 valence electrons. The van der Waals surface area contributed by atoms with E-state index in [0.717, 1.165) is 24.4 Å². The number of pyridine rings is 1. The Morgan fingerprint density at radius 1 is 1.37 bits per heavy atom. The third kappa shape index (κ3) is 2.15. The molecule has 0 aliphatic carbocycles. The summed E-state index contributed by atoms with van der Waals surface area (Å²) in [5.74, 6) is 1.62. The van der Waals surface area contributed by atoms with Crippen molar-refractivity contribution in [1.29, 1.82) is 0 Å². The Hall–Kier alpha value is -1.06. The Morgan fingerprint density at radius 3 is 2.84 bits per heavy atom. The van der Waals surface area contributed by atoms with Gasteiger partial charge in [-0.05, 0) is 45.9 Å². The monoisotopic (exact) mass is 277 g/mol. The molecule has 2 aromatic heterocycles. The van der Waals surface area contributed by atoms with E-state index < -0.39 is 0 Å². The Morgan fingerprint density at radius 2 is 2.16 bits per heavy atom. The molecule has 19 heavy (non-hydrogen) atoms. The summed E-state index contributed by atoms with van der Waals surface area (Å²) in [6, 6.07) is 6.80. The highest BCUT2D eigenvalue weighted by Gasteiger charge is 2.29. The largest absolute Gasteiger partial charge is 0.300 e. The van der Waals surface area contributed by atoms with Crippen molar-refractivity contribution in [1.82, 2.24) is 14.3 Å². The highest BCUT2D eigenvalue weighted by atomic mass is 35.5. The molecule has 0 bridgehead atoms. The average molecular weight is 278 g/mol. The number of aromatic nitrogens is 2. The number of fused-ring (bicyclic) bond motifs is 1. The number of hydrogen-bond donors (Lipinski definition) is 0. The molecule has 1 unspecified atom stereocenters. The highest BCUT2D eigenvalue weighted by Crippen LogP contribution is 2.31. The maximum absolute atomic E-state index is 6.28. The zero-order valence-corrected chi connectivity index (χ0v) is 12.5. The molecular formula is C15H20ClN3. The van der Waals surface area contributed by atoms with Gasteiger partial charge in [0.25, 0.3) is 0 Å². The van der Waals surface area contributed by atoms with E-state index in [2.05, 4.69) is 41.1 Å². The molecule has 1 saturated heterocycles. The maximum Gasteiger partial charge on any atom is 0.155 e. The predicted molar refractivity (Wildman–Crippen MR) is 79.0 cm³/mol. The van der Waals surface area contributed by atoms with Crippen LogP contribution in [0.25, 0.3) is 5.52 Å². The van der Waals surface area contributed by atoms with Crippen LogP contribution in [0.3, 0.4) is 0 Å². The van der Waals surface area contributed by atoms with E-state index in [-0.39, 0.29) is 0 Å². The molecule has 3 heterocycles. The SMILES string of the molecule is Cc1cccc2c(Cl)nc(C3CCN(C(C)C)C3)n12. The minimum Gasteiger partial charge on any atom is -0.300 e. The summed E-state index contributed by atoms with van der Waals surface area (Å²) in [4.78, 5) is 7.14. The van der Waals surface area contributed by atoms with Crippen LogP contribution in [0.2, 0.25) is 5.15 Å². The fourth-order valence-corrected chi connectivity index (χ4v) is 3.27. The van der Waals surface area contributed by atoms with Gasteiger partial charge in [0.2, 0.25) is 0 Å². The number of likely N-dealkylation sites (tertiary alicyclic amines) is 1. The third-order valence-corrected chi connectivity index (χ3v) is 4.43. The number of nitrogens with zero attached hydrogens (tertiary/aromatic N) is 3. The van der Waals surface area contributed by atoms with Gasteiger partial charge in [0.1, 0.15) is 5.82 Å². The molecule has 4 heteroatoms. The van der Waals surface area contributed by atoms with Crippen molar-refractivity contribution in [3.63, 3.8) is 0 Å². The van der Waals surface area contributed by atoms with E-state index in [1.54, 1.807) is 0 Å². The molecule has 1 atom stereocenters. The summed E-state index contributed by atoms with van der Waals surface area (Å²) in [6.45, 7) is 8.86. The molecule has 3 rings (SSSR count). The van der Waals surface area contributed by atoms with Crippen LogP contribution in [0.1, 0.15) is 37.7 Å². The molecular weight excluding hydrogens is 258 g/mol. The topological polar surface area (TPSA) is 20.5 Å². The Labute approximate surface area is 119 Å². The zero-order valence-electron chi connectivity index (χ0n) is 11.7. The second-order valence-electron chi connectivity index (χ2n) is 5.72. The first-order valence-electron chi connectivity index (χ1n) is 6.95. The van der Waals surface area contributed by atoms with E-state index in [9.17, 15) is 0 Å². The number of hydrogen-bond acceptors (Lipinski definition) is 2. The van der Waals surface area contributed by atoms with Crippen molar-refractivity contribution < 1.29 is 0 Å². The van der Waals surface area contributed by atoms with Crippen LogP contribution >= 0.6 is 11.6 Å². The zero-order chi connectivity index (χ0) is 13.6. The van der Waals surface area contributed by atoms with Crippen LogP contribution < -0.4 is 0 Å². The summed E-state index contributed by atoms with van der Waals surface area (Å²) in [7, 11) is 0. The van der Waals surface area contributed by atoms with Crippen LogP contribution in [0, 0.1) is 6.92 Å². The van der Waals surface area contributed by atoms with Crippen molar-refractivity contribution in [3.05, 3.63) is 34.9 Å². The number of rotatable bonds is 2. The summed E-state index contributed by atoms with van der Waals surface area (Å²) in [5, 5.41) is 0.627. The lowest BCUT2D eigenvalue weighted by Gasteiger charge is -2.20. The van der Waals surface area contributed by atoms with Crippen LogP contribution in [0.15, 0.2) is 18.2 Å². The first kappa shape index (κ1) is 12.9. The minimum atomic E-state index is 0.489. The number of aryl methyl sites for hydroxylation is 1. The minimum absolute atomic E-state index is 0.489. The first-order valence-corrected chi connectivity index (χ1v) is 7.33. The summed E-state index contributed by atoms with van der Waals surface area (Å²) >= 11 is 6.28. The van der Waals surface area contributed by atoms with Gasteiger partial charge >= 0.3 is 0 Å². The van der Waals surface area contributed by atoms with Crippen LogP contribution in [0.4, 0.5) is 0 Å². The van der Waals surface area contributed by atoms with Crippen LogP contribution in [-0.2, 0) is 0 Å². The normalized spacial score (nSPS) is 20.8. The molecule has 1 aliphatic rings. The molecule has 0 saturated carbocycles. The second-order valence-corrected chi connectivity index (χ2v) is 6.08. The number of imidazole rings is 1. The van der Waals surface area contributed by atoms with Crippen LogP contribution in [-0.4, -0.2) is 33.4 Å². The van der Waals surface area contributed by atoms with Gasteiger partial charge in [0.15, 0.2) is 5.15 Å². The Balaban J connectivity index is 2.02. The van der Waals surface area contributed by atoms with Gasteiger partial charge in [-0.3, -0.25) is 4.40 Å². The maximum atomic E-state index is 6.28. The van der Waals surface area contributed by atoms with Crippen LogP contribution in [0.5, 0.6) is 0 Å². The van der Waals surface area contributed by atoms with Crippen molar-refractivity contribution in [2.75, 3.05) is 13.1 Å². The molecule has 0 radical (unpaired) electrons. The van der Waals surface area contributed by atoms with Crippen molar-refractivity contribution in [3.8, 4) is 0 Å². The quantitative estimate of drug-likeness (QED) is 0.838. The molecule has 3 nitrogen and oxygen atoms in total. The van der Waals surface area contributed by atoms with Gasteiger partial charge in [-0.2, -0.15) is 0 Å². The van der Waals surface area contributed by atoms with Gasteiger partial charge in [0, 0.05) is 24.2 Å².